The smallest absolute Gasteiger partial charge is 0.0863 e. The summed E-state index contributed by atoms with van der Waals surface area (Å²) >= 11 is 3.43. The van der Waals surface area contributed by atoms with Gasteiger partial charge in [-0.15, -0.1) is 0 Å². The van der Waals surface area contributed by atoms with Crippen LogP contribution in [0.15, 0.2) is 41.0 Å². The summed E-state index contributed by atoms with van der Waals surface area (Å²) in [6.45, 7) is 1.95. The fraction of sp³-hybridized carbons (Fsp3) is 0.182. The third-order valence-electron chi connectivity index (χ3n) is 2.46. The molecule has 78 valence electrons. The third-order valence-corrected chi connectivity index (χ3v) is 2.95. The average Bonchev–Trinajstić information content (AvgIpc) is 2.71. The second-order valence-electron chi connectivity index (χ2n) is 3.67. The molecule has 0 aliphatic rings. The van der Waals surface area contributed by atoms with E-state index in [2.05, 4.69) is 26.1 Å². The number of benzene rings is 1. The number of hydrogen-bond donors (Lipinski definition) is 2. The Kier molecular flexibility index (Phi) is 2.63. The van der Waals surface area contributed by atoms with Crippen molar-refractivity contribution in [1.82, 2.24) is 10.2 Å². The molecule has 0 saturated carbocycles. The summed E-state index contributed by atoms with van der Waals surface area (Å²) in [6.07, 6.45) is 1.78. The van der Waals surface area contributed by atoms with Gasteiger partial charge in [-0.3, -0.25) is 5.10 Å². The Hall–Kier alpha value is -1.13. The molecule has 0 bridgehead atoms. The van der Waals surface area contributed by atoms with Gasteiger partial charge >= 0.3 is 0 Å². The lowest BCUT2D eigenvalue weighted by molar-refractivity contribution is 0.579. The Morgan fingerprint density at radius 2 is 2.20 bits per heavy atom. The number of nitrogens with zero attached hydrogens (tertiary/aromatic N) is 1. The van der Waals surface area contributed by atoms with Crippen LogP contribution in [0, 0.1) is 0 Å². The van der Waals surface area contributed by atoms with Gasteiger partial charge in [0.15, 0.2) is 0 Å². The molecule has 3 N–H and O–H groups in total. The van der Waals surface area contributed by atoms with E-state index in [0.717, 1.165) is 15.7 Å². The summed E-state index contributed by atoms with van der Waals surface area (Å²) < 4.78 is 1.02. The van der Waals surface area contributed by atoms with Crippen molar-refractivity contribution in [3.05, 3.63) is 52.3 Å². The molecule has 0 radical (unpaired) electrons. The number of nitrogens with one attached hydrogen (secondary N) is 1. The van der Waals surface area contributed by atoms with E-state index in [1.54, 1.807) is 6.20 Å². The van der Waals surface area contributed by atoms with Crippen molar-refractivity contribution in [1.29, 1.82) is 0 Å². The highest BCUT2D eigenvalue weighted by Gasteiger charge is 2.25. The summed E-state index contributed by atoms with van der Waals surface area (Å²) in [4.78, 5) is 0. The highest BCUT2D eigenvalue weighted by atomic mass is 79.9. The topological polar surface area (TPSA) is 54.7 Å². The fourth-order valence-electron chi connectivity index (χ4n) is 1.51. The van der Waals surface area contributed by atoms with Crippen molar-refractivity contribution in [2.24, 2.45) is 5.73 Å². The van der Waals surface area contributed by atoms with Crippen LogP contribution in [-0.4, -0.2) is 10.2 Å². The molecule has 2 aromatic rings. The first-order valence-electron chi connectivity index (χ1n) is 4.66. The third kappa shape index (κ3) is 1.96. The molecule has 0 spiro atoms. The quantitative estimate of drug-likeness (QED) is 0.876. The molecule has 0 aliphatic carbocycles. The highest BCUT2D eigenvalue weighted by Crippen LogP contribution is 2.26. The molecule has 0 fully saturated rings. The normalized spacial score (nSPS) is 14.9. The van der Waals surface area contributed by atoms with Gasteiger partial charge in [0.05, 0.1) is 11.2 Å². The minimum atomic E-state index is -0.566. The maximum Gasteiger partial charge on any atom is 0.0863 e. The lowest BCUT2D eigenvalue weighted by Gasteiger charge is -2.23. The second-order valence-corrected chi connectivity index (χ2v) is 4.59. The van der Waals surface area contributed by atoms with Gasteiger partial charge in [-0.05, 0) is 30.7 Å². The number of halogens is 1. The van der Waals surface area contributed by atoms with Gasteiger partial charge in [0.25, 0.3) is 0 Å². The first-order valence-corrected chi connectivity index (χ1v) is 5.45. The van der Waals surface area contributed by atoms with E-state index in [4.69, 9.17) is 5.73 Å². The lowest BCUT2D eigenvalue weighted by atomic mass is 9.90. The molecule has 1 atom stereocenters. The van der Waals surface area contributed by atoms with Crippen molar-refractivity contribution in [3.63, 3.8) is 0 Å². The minimum Gasteiger partial charge on any atom is -0.317 e. The Morgan fingerprint density at radius 3 is 2.80 bits per heavy atom. The van der Waals surface area contributed by atoms with Crippen molar-refractivity contribution in [3.8, 4) is 0 Å². The van der Waals surface area contributed by atoms with Crippen molar-refractivity contribution >= 4 is 15.9 Å². The van der Waals surface area contributed by atoms with Crippen LogP contribution in [0.2, 0.25) is 0 Å². The Bertz CT molecular complexity index is 449. The summed E-state index contributed by atoms with van der Waals surface area (Å²) in [5, 5.41) is 6.91. The number of H-pyrrole nitrogens is 1. The van der Waals surface area contributed by atoms with Crippen LogP contribution in [0.5, 0.6) is 0 Å². The Morgan fingerprint density at radius 1 is 1.40 bits per heavy atom. The number of aromatic nitrogens is 2. The number of rotatable bonds is 2. The van der Waals surface area contributed by atoms with E-state index in [1.165, 1.54) is 0 Å². The summed E-state index contributed by atoms with van der Waals surface area (Å²) in [7, 11) is 0. The number of nitrogens with two attached hydrogens (primary N) is 1. The molecule has 15 heavy (non-hydrogen) atoms. The van der Waals surface area contributed by atoms with E-state index in [9.17, 15) is 0 Å². The van der Waals surface area contributed by atoms with Crippen LogP contribution >= 0.6 is 15.9 Å². The average molecular weight is 266 g/mol. The molecule has 2 rings (SSSR count). The fourth-order valence-corrected chi connectivity index (χ4v) is 1.91. The zero-order chi connectivity index (χ0) is 10.9. The SMILES string of the molecule is C[C@@](N)(c1cccc(Br)c1)c1cc[nH]n1. The van der Waals surface area contributed by atoms with Crippen LogP contribution in [0.3, 0.4) is 0 Å². The predicted octanol–water partition coefficient (Wildman–Crippen LogP) is 2.39. The molecule has 0 aliphatic heterocycles. The van der Waals surface area contributed by atoms with Crippen LogP contribution in [0.1, 0.15) is 18.2 Å². The maximum atomic E-state index is 6.27. The van der Waals surface area contributed by atoms with Crippen LogP contribution in [-0.2, 0) is 5.54 Å². The van der Waals surface area contributed by atoms with E-state index >= 15 is 0 Å². The van der Waals surface area contributed by atoms with Crippen molar-refractivity contribution < 1.29 is 0 Å². The molecule has 0 amide bonds. The van der Waals surface area contributed by atoms with Crippen molar-refractivity contribution in [2.45, 2.75) is 12.5 Å². The molecular formula is C11H12BrN3. The zero-order valence-electron chi connectivity index (χ0n) is 8.37. The molecule has 1 aromatic carbocycles. The van der Waals surface area contributed by atoms with E-state index < -0.39 is 5.54 Å². The van der Waals surface area contributed by atoms with Crippen LogP contribution in [0.4, 0.5) is 0 Å². The molecule has 0 saturated heterocycles. The van der Waals surface area contributed by atoms with Gasteiger partial charge in [0.2, 0.25) is 0 Å². The number of aromatic amines is 1. The standard InChI is InChI=1S/C11H12BrN3/c1-11(13,10-5-6-14-15-10)8-3-2-4-9(12)7-8/h2-7H,13H2,1H3,(H,14,15)/t11-/m1/s1. The Balaban J connectivity index is 2.46. The van der Waals surface area contributed by atoms with Crippen molar-refractivity contribution in [2.75, 3.05) is 0 Å². The first-order chi connectivity index (χ1) is 7.10. The van der Waals surface area contributed by atoms with E-state index in [1.807, 2.05) is 37.3 Å². The largest absolute Gasteiger partial charge is 0.317 e. The van der Waals surface area contributed by atoms with Gasteiger partial charge in [0.1, 0.15) is 0 Å². The monoisotopic (exact) mass is 265 g/mol. The molecule has 1 aromatic heterocycles. The maximum absolute atomic E-state index is 6.27. The highest BCUT2D eigenvalue weighted by molar-refractivity contribution is 9.10. The molecule has 3 nitrogen and oxygen atoms in total. The summed E-state index contributed by atoms with van der Waals surface area (Å²) in [5.74, 6) is 0. The van der Waals surface area contributed by atoms with Gasteiger partial charge in [0, 0.05) is 10.7 Å². The van der Waals surface area contributed by atoms with Crippen LogP contribution < -0.4 is 5.73 Å². The van der Waals surface area contributed by atoms with Gasteiger partial charge in [-0.2, -0.15) is 5.10 Å². The Labute approximate surface area is 96.8 Å². The van der Waals surface area contributed by atoms with Gasteiger partial charge in [-0.25, -0.2) is 0 Å². The molecular weight excluding hydrogens is 254 g/mol. The zero-order valence-corrected chi connectivity index (χ0v) is 9.95. The van der Waals surface area contributed by atoms with Crippen LogP contribution in [0.25, 0.3) is 0 Å². The summed E-state index contributed by atoms with van der Waals surface area (Å²) in [5.41, 5.74) is 7.57. The molecule has 0 unspecified atom stereocenters. The lowest BCUT2D eigenvalue weighted by Crippen LogP contribution is -2.34. The van der Waals surface area contributed by atoms with Gasteiger partial charge in [-0.1, -0.05) is 28.1 Å². The minimum absolute atomic E-state index is 0.566. The molecule has 4 heteroatoms. The van der Waals surface area contributed by atoms with Gasteiger partial charge < -0.3 is 5.73 Å². The predicted molar refractivity (Wildman–Crippen MR) is 63.4 cm³/mol. The summed E-state index contributed by atoms with van der Waals surface area (Å²) in [6, 6.07) is 9.84. The molecule has 1 heterocycles. The second kappa shape index (κ2) is 3.79. The number of hydrogen-bond acceptors (Lipinski definition) is 2. The van der Waals surface area contributed by atoms with E-state index in [0.29, 0.717) is 0 Å². The first kappa shape index (κ1) is 10.4. The van der Waals surface area contributed by atoms with E-state index in [-0.39, 0.29) is 0 Å².